The van der Waals surface area contributed by atoms with Gasteiger partial charge in [0.2, 0.25) is 0 Å². The summed E-state index contributed by atoms with van der Waals surface area (Å²) in [7, 11) is 0. The molecule has 22 heavy (non-hydrogen) atoms. The van der Waals surface area contributed by atoms with E-state index in [1.54, 1.807) is 12.1 Å². The molecule has 2 heterocycles. The highest BCUT2D eigenvalue weighted by atomic mass is 35.5. The number of nitrogens with two attached hydrogens (primary N) is 3. The number of hydrogen-bond donors (Lipinski definition) is 3. The minimum atomic E-state index is -0.586. The fourth-order valence-corrected chi connectivity index (χ4v) is 3.25. The predicted octanol–water partition coefficient (Wildman–Crippen LogP) is 2.15. The molecule has 0 aliphatic carbocycles. The van der Waals surface area contributed by atoms with Crippen molar-refractivity contribution >= 4 is 44.7 Å². The molecule has 6 nitrogen and oxygen atoms in total. The molecule has 0 saturated heterocycles. The van der Waals surface area contributed by atoms with Gasteiger partial charge in [-0.1, -0.05) is 23.7 Å². The summed E-state index contributed by atoms with van der Waals surface area (Å²) in [6.45, 7) is 0.181. The summed E-state index contributed by atoms with van der Waals surface area (Å²) < 4.78 is 0. The number of fused-ring (bicyclic) bond motifs is 1. The van der Waals surface area contributed by atoms with E-state index in [9.17, 15) is 4.79 Å². The van der Waals surface area contributed by atoms with Crippen LogP contribution in [-0.2, 0) is 6.54 Å². The minimum Gasteiger partial charge on any atom is -0.397 e. The van der Waals surface area contributed by atoms with Crippen LogP contribution in [0.25, 0.3) is 21.5 Å². The highest BCUT2D eigenvalue weighted by Crippen LogP contribution is 2.38. The summed E-state index contributed by atoms with van der Waals surface area (Å²) in [5, 5.41) is 1.22. The number of benzene rings is 1. The van der Waals surface area contributed by atoms with Crippen LogP contribution in [0.3, 0.4) is 0 Å². The van der Waals surface area contributed by atoms with Gasteiger partial charge in [0, 0.05) is 10.6 Å². The third-order valence-corrected chi connectivity index (χ3v) is 4.52. The smallest absolute Gasteiger partial charge is 0.260 e. The van der Waals surface area contributed by atoms with E-state index in [0.717, 1.165) is 16.9 Å². The fourth-order valence-electron chi connectivity index (χ4n) is 2.16. The van der Waals surface area contributed by atoms with Crippen LogP contribution in [-0.4, -0.2) is 15.9 Å². The summed E-state index contributed by atoms with van der Waals surface area (Å²) in [6, 6.07) is 7.16. The molecular formula is C14H12ClN5OS. The van der Waals surface area contributed by atoms with Crippen molar-refractivity contribution in [3.05, 3.63) is 40.0 Å². The topological polar surface area (TPSA) is 121 Å². The van der Waals surface area contributed by atoms with Crippen molar-refractivity contribution in [3.8, 4) is 11.3 Å². The van der Waals surface area contributed by atoms with E-state index < -0.39 is 5.91 Å². The molecule has 6 N–H and O–H groups in total. The molecule has 0 spiro atoms. The predicted molar refractivity (Wildman–Crippen MR) is 88.7 cm³/mol. The molecule has 1 aromatic carbocycles. The van der Waals surface area contributed by atoms with E-state index >= 15 is 0 Å². The maximum Gasteiger partial charge on any atom is 0.260 e. The van der Waals surface area contributed by atoms with Crippen molar-refractivity contribution in [3.63, 3.8) is 0 Å². The monoisotopic (exact) mass is 333 g/mol. The van der Waals surface area contributed by atoms with Gasteiger partial charge in [-0.2, -0.15) is 0 Å². The lowest BCUT2D eigenvalue weighted by molar-refractivity contribution is 0.100. The molecule has 0 bridgehead atoms. The number of hydrogen-bond acceptors (Lipinski definition) is 6. The zero-order chi connectivity index (χ0) is 15.9. The maximum absolute atomic E-state index is 11.5. The van der Waals surface area contributed by atoms with Crippen LogP contribution in [0.2, 0.25) is 5.02 Å². The van der Waals surface area contributed by atoms with Gasteiger partial charge < -0.3 is 17.2 Å². The second-order valence-corrected chi connectivity index (χ2v) is 6.02. The zero-order valence-corrected chi connectivity index (χ0v) is 12.9. The molecule has 2 aromatic heterocycles. The summed E-state index contributed by atoms with van der Waals surface area (Å²) in [5.74, 6) is -0.119. The van der Waals surface area contributed by atoms with Gasteiger partial charge in [0.05, 0.1) is 23.3 Å². The van der Waals surface area contributed by atoms with Crippen LogP contribution in [0, 0.1) is 0 Å². The second-order valence-electron chi connectivity index (χ2n) is 4.59. The van der Waals surface area contributed by atoms with E-state index in [2.05, 4.69) is 9.97 Å². The third kappa shape index (κ3) is 2.39. The molecule has 8 heteroatoms. The Balaban J connectivity index is 2.36. The highest BCUT2D eigenvalue weighted by molar-refractivity contribution is 7.21. The molecule has 0 saturated carbocycles. The summed E-state index contributed by atoms with van der Waals surface area (Å²) in [5.41, 5.74) is 18.8. The normalized spacial score (nSPS) is 11.0. The molecule has 0 aliphatic rings. The lowest BCUT2D eigenvalue weighted by Gasteiger charge is -2.06. The highest BCUT2D eigenvalue weighted by Gasteiger charge is 2.20. The number of rotatable bonds is 3. The average Bonchev–Trinajstić information content (AvgIpc) is 2.84. The fraction of sp³-hybridized carbons (Fsp3) is 0.0714. The Morgan fingerprint density at radius 2 is 1.91 bits per heavy atom. The Labute approximate surface area is 134 Å². The molecule has 0 unspecified atom stereocenters. The second kappa shape index (κ2) is 5.53. The Hall–Kier alpha value is -2.22. The van der Waals surface area contributed by atoms with Gasteiger partial charge in [0.1, 0.15) is 15.5 Å². The first-order chi connectivity index (χ1) is 10.5. The SMILES string of the molecule is NCc1nc(-c2ccc(Cl)cc2)c2c(N)c(C(N)=O)sc2n1. The van der Waals surface area contributed by atoms with Gasteiger partial charge in [-0.05, 0) is 12.1 Å². The Morgan fingerprint density at radius 3 is 2.50 bits per heavy atom. The third-order valence-electron chi connectivity index (χ3n) is 3.16. The molecule has 3 aromatic rings. The van der Waals surface area contributed by atoms with E-state index in [1.807, 2.05) is 12.1 Å². The molecule has 0 atom stereocenters. The molecule has 0 aliphatic heterocycles. The van der Waals surface area contributed by atoms with Crippen LogP contribution in [0.15, 0.2) is 24.3 Å². The summed E-state index contributed by atoms with van der Waals surface area (Å²) in [4.78, 5) is 21.1. The molecule has 112 valence electrons. The molecule has 3 rings (SSSR count). The number of nitrogens with zero attached hydrogens (tertiary/aromatic N) is 2. The standard InChI is InChI=1S/C14H12ClN5OS/c15-7-3-1-6(2-4-7)11-9-10(17)12(13(18)21)22-14(9)20-8(5-16)19-11/h1-4H,5,16-17H2,(H2,18,21). The quantitative estimate of drug-likeness (QED) is 0.678. The number of thiophene rings is 1. The van der Waals surface area contributed by atoms with Crippen molar-refractivity contribution in [2.45, 2.75) is 6.54 Å². The van der Waals surface area contributed by atoms with Crippen LogP contribution < -0.4 is 17.2 Å². The largest absolute Gasteiger partial charge is 0.397 e. The van der Waals surface area contributed by atoms with Crippen LogP contribution in [0.4, 0.5) is 5.69 Å². The lowest BCUT2D eigenvalue weighted by Crippen LogP contribution is -2.10. The van der Waals surface area contributed by atoms with Crippen molar-refractivity contribution in [2.24, 2.45) is 11.5 Å². The van der Waals surface area contributed by atoms with Crippen molar-refractivity contribution in [1.82, 2.24) is 9.97 Å². The van der Waals surface area contributed by atoms with Crippen molar-refractivity contribution < 1.29 is 4.79 Å². The Bertz CT molecular complexity index is 875. The van der Waals surface area contributed by atoms with E-state index in [4.69, 9.17) is 28.8 Å². The number of amides is 1. The Morgan fingerprint density at radius 1 is 1.23 bits per heavy atom. The number of carbonyl (C=O) groups excluding carboxylic acids is 1. The first kappa shape index (κ1) is 14.7. The van der Waals surface area contributed by atoms with Crippen LogP contribution >= 0.6 is 22.9 Å². The summed E-state index contributed by atoms with van der Waals surface area (Å²) in [6.07, 6.45) is 0. The number of nitrogen functional groups attached to an aromatic ring is 1. The Kier molecular flexibility index (Phi) is 3.69. The van der Waals surface area contributed by atoms with E-state index in [0.29, 0.717) is 32.4 Å². The van der Waals surface area contributed by atoms with Gasteiger partial charge in [-0.25, -0.2) is 9.97 Å². The number of halogens is 1. The zero-order valence-electron chi connectivity index (χ0n) is 11.3. The molecule has 0 fully saturated rings. The molecule has 0 radical (unpaired) electrons. The number of primary amides is 1. The van der Waals surface area contributed by atoms with Gasteiger partial charge >= 0.3 is 0 Å². The maximum atomic E-state index is 11.5. The number of carbonyl (C=O) groups is 1. The minimum absolute atomic E-state index is 0.181. The van der Waals surface area contributed by atoms with Crippen molar-refractivity contribution in [1.29, 1.82) is 0 Å². The number of aromatic nitrogens is 2. The first-order valence-corrected chi connectivity index (χ1v) is 7.55. The van der Waals surface area contributed by atoms with Gasteiger partial charge in [0.15, 0.2) is 0 Å². The first-order valence-electron chi connectivity index (χ1n) is 6.36. The van der Waals surface area contributed by atoms with Crippen molar-refractivity contribution in [2.75, 3.05) is 5.73 Å². The van der Waals surface area contributed by atoms with Crippen LogP contribution in [0.5, 0.6) is 0 Å². The van der Waals surface area contributed by atoms with Crippen LogP contribution in [0.1, 0.15) is 15.5 Å². The molecular weight excluding hydrogens is 322 g/mol. The van der Waals surface area contributed by atoms with Gasteiger partial charge in [-0.15, -0.1) is 11.3 Å². The lowest BCUT2D eigenvalue weighted by atomic mass is 10.1. The van der Waals surface area contributed by atoms with Gasteiger partial charge in [-0.3, -0.25) is 4.79 Å². The van der Waals surface area contributed by atoms with Gasteiger partial charge in [0.25, 0.3) is 5.91 Å². The molecule has 1 amide bonds. The van der Waals surface area contributed by atoms with E-state index in [1.165, 1.54) is 0 Å². The van der Waals surface area contributed by atoms with E-state index in [-0.39, 0.29) is 11.4 Å². The number of anilines is 1. The average molecular weight is 334 g/mol. The summed E-state index contributed by atoms with van der Waals surface area (Å²) >= 11 is 7.06.